The lowest BCUT2D eigenvalue weighted by atomic mass is 10.2. The highest BCUT2D eigenvalue weighted by Crippen LogP contribution is 2.29. The average molecular weight is 306 g/mol. The van der Waals surface area contributed by atoms with Gasteiger partial charge in [-0.2, -0.15) is 0 Å². The summed E-state index contributed by atoms with van der Waals surface area (Å²) in [7, 11) is 0. The first-order chi connectivity index (χ1) is 10.1. The van der Waals surface area contributed by atoms with Gasteiger partial charge in [0.2, 0.25) is 0 Å². The molecule has 0 unspecified atom stereocenters. The Hall–Kier alpha value is -2.01. The van der Waals surface area contributed by atoms with Gasteiger partial charge in [0.25, 0.3) is 5.91 Å². The molecule has 0 radical (unpaired) electrons. The molecule has 21 heavy (non-hydrogen) atoms. The Morgan fingerprint density at radius 2 is 2.10 bits per heavy atom. The van der Waals surface area contributed by atoms with E-state index in [9.17, 15) is 9.18 Å². The molecular weight excluding hydrogens is 293 g/mol. The highest BCUT2D eigenvalue weighted by molar-refractivity contribution is 6.29. The van der Waals surface area contributed by atoms with Crippen LogP contribution in [0, 0.1) is 5.82 Å². The van der Waals surface area contributed by atoms with Gasteiger partial charge in [0, 0.05) is 12.6 Å². The average Bonchev–Trinajstić information content (AvgIpc) is 3.29. The van der Waals surface area contributed by atoms with E-state index in [1.54, 1.807) is 23.1 Å². The largest absolute Gasteiger partial charge is 0.330 e. The molecule has 1 saturated carbocycles. The molecule has 108 valence electrons. The van der Waals surface area contributed by atoms with Crippen LogP contribution in [-0.2, 0) is 6.54 Å². The fraction of sp³-hybridized carbons (Fsp3) is 0.267. The second-order valence-electron chi connectivity index (χ2n) is 5.04. The molecular formula is C15H13ClFN3O. The molecule has 1 aromatic carbocycles. The molecule has 0 spiro atoms. The Kier molecular flexibility index (Phi) is 3.84. The van der Waals surface area contributed by atoms with Crippen molar-refractivity contribution in [3.8, 4) is 0 Å². The fourth-order valence-corrected chi connectivity index (χ4v) is 2.26. The summed E-state index contributed by atoms with van der Waals surface area (Å²) in [5.74, 6) is -0.507. The van der Waals surface area contributed by atoms with Crippen molar-refractivity contribution in [1.29, 1.82) is 0 Å². The van der Waals surface area contributed by atoms with Crippen molar-refractivity contribution in [1.82, 2.24) is 15.1 Å². The van der Waals surface area contributed by atoms with Gasteiger partial charge >= 0.3 is 0 Å². The highest BCUT2D eigenvalue weighted by atomic mass is 35.5. The number of amides is 1. The van der Waals surface area contributed by atoms with Gasteiger partial charge in [0.1, 0.15) is 5.82 Å². The summed E-state index contributed by atoms with van der Waals surface area (Å²) < 4.78 is 13.3. The zero-order valence-electron chi connectivity index (χ0n) is 11.2. The number of nitrogens with zero attached hydrogens (tertiary/aromatic N) is 3. The molecule has 1 aliphatic carbocycles. The summed E-state index contributed by atoms with van der Waals surface area (Å²) in [6, 6.07) is 9.56. The van der Waals surface area contributed by atoms with E-state index < -0.39 is 0 Å². The maximum absolute atomic E-state index is 13.3. The van der Waals surface area contributed by atoms with Crippen molar-refractivity contribution in [3.63, 3.8) is 0 Å². The van der Waals surface area contributed by atoms with E-state index in [0.29, 0.717) is 6.54 Å². The Labute approximate surface area is 126 Å². The molecule has 6 heteroatoms. The minimum absolute atomic E-state index is 0.193. The standard InChI is InChI=1S/C15H13ClFN3O/c16-14-7-6-13(18-19-14)15(21)20(12-4-5-12)9-10-2-1-3-11(17)8-10/h1-3,6-8,12H,4-5,9H2. The Bertz CT molecular complexity index is 658. The van der Waals surface area contributed by atoms with Crippen molar-refractivity contribution in [2.75, 3.05) is 0 Å². The first kappa shape index (κ1) is 13.9. The molecule has 1 amide bonds. The lowest BCUT2D eigenvalue weighted by Gasteiger charge is -2.22. The SMILES string of the molecule is O=C(c1ccc(Cl)nn1)N(Cc1cccc(F)c1)C1CC1. The molecule has 1 heterocycles. The van der Waals surface area contributed by atoms with E-state index in [1.807, 2.05) is 0 Å². The number of aromatic nitrogens is 2. The van der Waals surface area contributed by atoms with Crippen LogP contribution in [0.3, 0.4) is 0 Å². The Morgan fingerprint density at radius 3 is 2.71 bits per heavy atom. The van der Waals surface area contributed by atoms with E-state index in [2.05, 4.69) is 10.2 Å². The van der Waals surface area contributed by atoms with Gasteiger partial charge in [-0.15, -0.1) is 10.2 Å². The molecule has 2 aromatic rings. The number of carbonyl (C=O) groups is 1. The zero-order chi connectivity index (χ0) is 14.8. The van der Waals surface area contributed by atoms with Crippen LogP contribution >= 0.6 is 11.6 Å². The van der Waals surface area contributed by atoms with Crippen LogP contribution in [0.2, 0.25) is 5.15 Å². The van der Waals surface area contributed by atoms with Gasteiger partial charge in [-0.1, -0.05) is 23.7 Å². The van der Waals surface area contributed by atoms with Gasteiger partial charge in [0.05, 0.1) is 0 Å². The molecule has 0 saturated heterocycles. The first-order valence-electron chi connectivity index (χ1n) is 6.68. The quantitative estimate of drug-likeness (QED) is 0.872. The number of benzene rings is 1. The van der Waals surface area contributed by atoms with Gasteiger partial charge in [0.15, 0.2) is 10.8 Å². The topological polar surface area (TPSA) is 46.1 Å². The van der Waals surface area contributed by atoms with Gasteiger partial charge in [-0.3, -0.25) is 4.79 Å². The van der Waals surface area contributed by atoms with E-state index in [-0.39, 0.29) is 28.6 Å². The Morgan fingerprint density at radius 1 is 1.29 bits per heavy atom. The summed E-state index contributed by atoms with van der Waals surface area (Å²) in [6.45, 7) is 0.367. The van der Waals surface area contributed by atoms with E-state index in [1.165, 1.54) is 18.2 Å². The number of halogens is 2. The predicted octanol–water partition coefficient (Wildman–Crippen LogP) is 3.07. The number of hydrogen-bond donors (Lipinski definition) is 0. The maximum atomic E-state index is 13.3. The molecule has 0 bridgehead atoms. The molecule has 0 N–H and O–H groups in total. The smallest absolute Gasteiger partial charge is 0.274 e. The van der Waals surface area contributed by atoms with Gasteiger partial charge in [-0.25, -0.2) is 4.39 Å². The molecule has 3 rings (SSSR count). The van der Waals surface area contributed by atoms with Gasteiger partial charge in [-0.05, 0) is 42.7 Å². The number of hydrogen-bond acceptors (Lipinski definition) is 3. The summed E-state index contributed by atoms with van der Waals surface area (Å²) in [5, 5.41) is 7.76. The maximum Gasteiger partial charge on any atom is 0.274 e. The molecule has 4 nitrogen and oxygen atoms in total. The Balaban J connectivity index is 1.81. The van der Waals surface area contributed by atoms with Crippen LogP contribution in [0.4, 0.5) is 4.39 Å². The van der Waals surface area contributed by atoms with Crippen LogP contribution in [-0.4, -0.2) is 27.0 Å². The third kappa shape index (κ3) is 3.36. The van der Waals surface area contributed by atoms with E-state index >= 15 is 0 Å². The number of carbonyl (C=O) groups excluding carboxylic acids is 1. The third-order valence-corrected chi connectivity index (χ3v) is 3.54. The van der Waals surface area contributed by atoms with Gasteiger partial charge < -0.3 is 4.90 Å². The van der Waals surface area contributed by atoms with Crippen molar-refractivity contribution in [3.05, 3.63) is 58.6 Å². The summed E-state index contributed by atoms with van der Waals surface area (Å²) in [6.07, 6.45) is 1.92. The van der Waals surface area contributed by atoms with Crippen LogP contribution in [0.25, 0.3) is 0 Å². The van der Waals surface area contributed by atoms with Crippen molar-refractivity contribution < 1.29 is 9.18 Å². The molecule has 1 aromatic heterocycles. The monoisotopic (exact) mass is 305 g/mol. The molecule has 1 aliphatic rings. The van der Waals surface area contributed by atoms with E-state index in [4.69, 9.17) is 11.6 Å². The summed E-state index contributed by atoms with van der Waals surface area (Å²) in [5.41, 5.74) is 1.01. The number of rotatable bonds is 4. The minimum atomic E-state index is -0.304. The third-order valence-electron chi connectivity index (χ3n) is 3.34. The van der Waals surface area contributed by atoms with Crippen LogP contribution < -0.4 is 0 Å². The van der Waals surface area contributed by atoms with Crippen LogP contribution in [0.1, 0.15) is 28.9 Å². The van der Waals surface area contributed by atoms with Crippen LogP contribution in [0.5, 0.6) is 0 Å². The van der Waals surface area contributed by atoms with Crippen molar-refractivity contribution >= 4 is 17.5 Å². The van der Waals surface area contributed by atoms with Crippen LogP contribution in [0.15, 0.2) is 36.4 Å². The second-order valence-corrected chi connectivity index (χ2v) is 5.42. The van der Waals surface area contributed by atoms with Crippen molar-refractivity contribution in [2.45, 2.75) is 25.4 Å². The molecule has 0 atom stereocenters. The highest BCUT2D eigenvalue weighted by Gasteiger charge is 2.33. The van der Waals surface area contributed by atoms with Crippen molar-refractivity contribution in [2.24, 2.45) is 0 Å². The fourth-order valence-electron chi connectivity index (χ4n) is 2.16. The predicted molar refractivity (Wildman–Crippen MR) is 76.3 cm³/mol. The summed E-state index contributed by atoms with van der Waals surface area (Å²) >= 11 is 5.68. The molecule has 1 fully saturated rings. The second kappa shape index (κ2) is 5.77. The lowest BCUT2D eigenvalue weighted by Crippen LogP contribution is -2.33. The normalized spacial score (nSPS) is 14.0. The lowest BCUT2D eigenvalue weighted by molar-refractivity contribution is 0.0722. The minimum Gasteiger partial charge on any atom is -0.330 e. The first-order valence-corrected chi connectivity index (χ1v) is 7.06. The van der Waals surface area contributed by atoms with E-state index in [0.717, 1.165) is 18.4 Å². The summed E-state index contributed by atoms with van der Waals surface area (Å²) in [4.78, 5) is 14.2. The molecule has 0 aliphatic heterocycles. The zero-order valence-corrected chi connectivity index (χ0v) is 11.9.